The highest BCUT2D eigenvalue weighted by Gasteiger charge is 2.33. The van der Waals surface area contributed by atoms with E-state index in [-0.39, 0.29) is 0 Å². The number of alkyl halides is 3. The van der Waals surface area contributed by atoms with Gasteiger partial charge in [0.1, 0.15) is 0 Å². The summed E-state index contributed by atoms with van der Waals surface area (Å²) in [6.07, 6.45) is -1.79. The molecule has 0 fully saturated rings. The van der Waals surface area contributed by atoms with Gasteiger partial charge in [-0.3, -0.25) is 0 Å². The molecule has 0 atom stereocenters. The van der Waals surface area contributed by atoms with Gasteiger partial charge < -0.3 is 15.5 Å². The van der Waals surface area contributed by atoms with Crippen molar-refractivity contribution in [3.05, 3.63) is 47.0 Å². The van der Waals surface area contributed by atoms with E-state index in [2.05, 4.69) is 47.6 Å². The van der Waals surface area contributed by atoms with Gasteiger partial charge in [0.15, 0.2) is 0 Å². The summed E-state index contributed by atoms with van der Waals surface area (Å²) in [6, 6.07) is 8.84. The van der Waals surface area contributed by atoms with Crippen LogP contribution in [0.5, 0.6) is 0 Å². The van der Waals surface area contributed by atoms with Crippen molar-refractivity contribution >= 4 is 23.1 Å². The fourth-order valence-electron chi connectivity index (χ4n) is 3.49. The molecule has 164 valence electrons. The fraction of sp³-hybridized carbons (Fsp3) is 0.478. The van der Waals surface area contributed by atoms with Crippen LogP contribution in [0.3, 0.4) is 0 Å². The molecule has 30 heavy (non-hydrogen) atoms. The fourth-order valence-corrected chi connectivity index (χ4v) is 4.67. The minimum absolute atomic E-state index is 0.592. The van der Waals surface area contributed by atoms with Gasteiger partial charge in [0.05, 0.1) is 5.56 Å². The van der Waals surface area contributed by atoms with E-state index in [4.69, 9.17) is 0 Å². The minimum atomic E-state index is -4.36. The molecule has 7 heteroatoms. The van der Waals surface area contributed by atoms with Crippen molar-refractivity contribution in [2.75, 3.05) is 43.4 Å². The van der Waals surface area contributed by atoms with Crippen molar-refractivity contribution in [2.45, 2.75) is 49.1 Å². The molecular weight excluding hydrogens is 407 g/mol. The van der Waals surface area contributed by atoms with E-state index in [1.807, 2.05) is 7.05 Å². The average molecular weight is 438 g/mol. The lowest BCUT2D eigenvalue weighted by atomic mass is 9.99. The van der Waals surface area contributed by atoms with Gasteiger partial charge in [-0.2, -0.15) is 13.2 Å². The summed E-state index contributed by atoms with van der Waals surface area (Å²) in [6.45, 7) is 7.52. The van der Waals surface area contributed by atoms with E-state index in [9.17, 15) is 13.2 Å². The van der Waals surface area contributed by atoms with Crippen LogP contribution < -0.4 is 15.5 Å². The number of rotatable bonds is 9. The zero-order valence-corrected chi connectivity index (χ0v) is 18.6. The number of benzene rings is 2. The van der Waals surface area contributed by atoms with Gasteiger partial charge in [0.25, 0.3) is 0 Å². The van der Waals surface area contributed by atoms with Crippen LogP contribution in [0.1, 0.15) is 43.4 Å². The normalized spacial score (nSPS) is 13.0. The molecule has 1 aliphatic heterocycles. The molecule has 0 bridgehead atoms. The first-order chi connectivity index (χ1) is 14.3. The second-order valence-electron chi connectivity index (χ2n) is 7.61. The molecule has 2 aromatic rings. The molecule has 3 rings (SSSR count). The molecule has 2 aromatic carbocycles. The Balaban J connectivity index is 1.85. The van der Waals surface area contributed by atoms with E-state index in [1.165, 1.54) is 23.9 Å². The van der Waals surface area contributed by atoms with E-state index in [0.29, 0.717) is 23.5 Å². The smallest absolute Gasteiger partial charge is 0.385 e. The highest BCUT2D eigenvalue weighted by Crippen LogP contribution is 2.46. The Kier molecular flexibility index (Phi) is 7.58. The van der Waals surface area contributed by atoms with E-state index < -0.39 is 11.7 Å². The number of hydrogen-bond donors (Lipinski definition) is 2. The predicted octanol–water partition coefficient (Wildman–Crippen LogP) is 6.02. The number of fused-ring (bicyclic) bond motifs is 2. The third-order valence-electron chi connectivity index (χ3n) is 5.36. The van der Waals surface area contributed by atoms with Crippen molar-refractivity contribution in [1.82, 2.24) is 5.32 Å². The molecule has 0 aliphatic carbocycles. The quantitative estimate of drug-likeness (QED) is 0.401. The number of halogens is 3. The molecule has 2 N–H and O–H groups in total. The summed E-state index contributed by atoms with van der Waals surface area (Å²) in [4.78, 5) is 3.86. The molecule has 0 unspecified atom stereocenters. The summed E-state index contributed by atoms with van der Waals surface area (Å²) in [5.41, 5.74) is 3.21. The summed E-state index contributed by atoms with van der Waals surface area (Å²) < 4.78 is 40.6. The van der Waals surface area contributed by atoms with Crippen LogP contribution in [-0.2, 0) is 12.6 Å². The topological polar surface area (TPSA) is 27.3 Å². The molecular formula is C23H30F3N3S. The van der Waals surface area contributed by atoms with Gasteiger partial charge in [-0.1, -0.05) is 24.8 Å². The number of nitrogens with one attached hydrogen (secondary N) is 2. The summed E-state index contributed by atoms with van der Waals surface area (Å²) in [5.74, 6) is 0. The SMILES string of the molecule is CCCNCCCNc1cc(C(F)(F)F)cc2c1Cc1ccc(N(C)CC)cc1S2. The predicted molar refractivity (Wildman–Crippen MR) is 120 cm³/mol. The molecule has 1 aliphatic rings. The molecule has 0 spiro atoms. The maximum Gasteiger partial charge on any atom is 0.416 e. The van der Waals surface area contributed by atoms with Crippen LogP contribution in [0.4, 0.5) is 24.5 Å². The van der Waals surface area contributed by atoms with Gasteiger partial charge in [0.2, 0.25) is 0 Å². The van der Waals surface area contributed by atoms with Gasteiger partial charge >= 0.3 is 6.18 Å². The number of nitrogens with zero attached hydrogens (tertiary/aromatic N) is 1. The standard InChI is InChI=1S/C23H30F3N3S/c1-4-9-27-10-6-11-28-20-13-17(23(24,25)26)14-22-19(20)12-16-7-8-18(29(3)5-2)15-21(16)30-22/h7-8,13-15,27-28H,4-6,9-12H2,1-3H3. The van der Waals surface area contributed by atoms with Crippen molar-refractivity contribution < 1.29 is 13.2 Å². The van der Waals surface area contributed by atoms with Crippen LogP contribution in [0.2, 0.25) is 0 Å². The van der Waals surface area contributed by atoms with E-state index in [1.54, 1.807) is 0 Å². The van der Waals surface area contributed by atoms with E-state index >= 15 is 0 Å². The van der Waals surface area contributed by atoms with Gasteiger partial charge in [-0.25, -0.2) is 0 Å². The van der Waals surface area contributed by atoms with Crippen molar-refractivity contribution in [3.63, 3.8) is 0 Å². The molecule has 0 amide bonds. The van der Waals surface area contributed by atoms with Gasteiger partial charge in [-0.05, 0) is 68.2 Å². The first kappa shape index (κ1) is 22.8. The lowest BCUT2D eigenvalue weighted by Crippen LogP contribution is -2.19. The highest BCUT2D eigenvalue weighted by molar-refractivity contribution is 7.99. The van der Waals surface area contributed by atoms with Crippen LogP contribution in [0.15, 0.2) is 40.1 Å². The number of anilines is 2. The summed E-state index contributed by atoms with van der Waals surface area (Å²) in [7, 11) is 2.02. The Hall–Kier alpha value is -1.86. The zero-order valence-electron chi connectivity index (χ0n) is 17.8. The van der Waals surface area contributed by atoms with Gasteiger partial charge in [-0.15, -0.1) is 0 Å². The highest BCUT2D eigenvalue weighted by atomic mass is 32.2. The minimum Gasteiger partial charge on any atom is -0.385 e. The maximum absolute atomic E-state index is 13.5. The molecule has 0 saturated heterocycles. The second-order valence-corrected chi connectivity index (χ2v) is 8.70. The first-order valence-electron chi connectivity index (χ1n) is 10.5. The molecule has 1 heterocycles. The lowest BCUT2D eigenvalue weighted by Gasteiger charge is -2.26. The van der Waals surface area contributed by atoms with Crippen LogP contribution in [-0.4, -0.2) is 33.2 Å². The Bertz CT molecular complexity index is 868. The Morgan fingerprint density at radius 2 is 1.83 bits per heavy atom. The Morgan fingerprint density at radius 1 is 1.03 bits per heavy atom. The molecule has 3 nitrogen and oxygen atoms in total. The monoisotopic (exact) mass is 437 g/mol. The zero-order chi connectivity index (χ0) is 21.7. The molecule has 0 aromatic heterocycles. The largest absolute Gasteiger partial charge is 0.416 e. The maximum atomic E-state index is 13.5. The molecule has 0 saturated carbocycles. The molecule has 0 radical (unpaired) electrons. The summed E-state index contributed by atoms with van der Waals surface area (Å²) in [5, 5.41) is 6.59. The first-order valence-corrected chi connectivity index (χ1v) is 11.4. The van der Waals surface area contributed by atoms with Crippen LogP contribution >= 0.6 is 11.8 Å². The third kappa shape index (κ3) is 5.43. The Morgan fingerprint density at radius 3 is 2.53 bits per heavy atom. The third-order valence-corrected chi connectivity index (χ3v) is 6.55. The lowest BCUT2D eigenvalue weighted by molar-refractivity contribution is -0.137. The second kappa shape index (κ2) is 9.96. The van der Waals surface area contributed by atoms with Crippen LogP contribution in [0.25, 0.3) is 0 Å². The van der Waals surface area contributed by atoms with Crippen molar-refractivity contribution in [3.8, 4) is 0 Å². The van der Waals surface area contributed by atoms with Gasteiger partial charge in [0, 0.05) is 47.7 Å². The Labute approximate surface area is 181 Å². The summed E-state index contributed by atoms with van der Waals surface area (Å²) >= 11 is 1.44. The van der Waals surface area contributed by atoms with E-state index in [0.717, 1.165) is 54.2 Å². The van der Waals surface area contributed by atoms with Crippen molar-refractivity contribution in [2.24, 2.45) is 0 Å². The van der Waals surface area contributed by atoms with Crippen molar-refractivity contribution in [1.29, 1.82) is 0 Å². The number of hydrogen-bond acceptors (Lipinski definition) is 4. The average Bonchev–Trinajstić information content (AvgIpc) is 2.72. The van der Waals surface area contributed by atoms with Crippen LogP contribution in [0, 0.1) is 0 Å².